The predicted octanol–water partition coefficient (Wildman–Crippen LogP) is 1.43. The van der Waals surface area contributed by atoms with Gasteiger partial charge in [0, 0.05) is 38.3 Å². The van der Waals surface area contributed by atoms with Gasteiger partial charge >= 0.3 is 11.9 Å². The van der Waals surface area contributed by atoms with Gasteiger partial charge in [0.1, 0.15) is 0 Å². The lowest BCUT2D eigenvalue weighted by atomic mass is 10.2. The third-order valence-corrected chi connectivity index (χ3v) is 4.95. The molecule has 0 bridgehead atoms. The number of likely N-dealkylation sites (tertiary alicyclic amines) is 2. The Morgan fingerprint density at radius 2 is 0.893 bits per heavy atom. The van der Waals surface area contributed by atoms with E-state index in [1.165, 1.54) is 0 Å². The molecular weight excluding hydrogens is 364 g/mol. The van der Waals surface area contributed by atoms with E-state index in [1.807, 2.05) is 0 Å². The summed E-state index contributed by atoms with van der Waals surface area (Å²) >= 11 is 0. The topological polar surface area (TPSA) is 93.2 Å². The third-order valence-electron chi connectivity index (χ3n) is 4.95. The minimum atomic E-state index is -0.793. The van der Waals surface area contributed by atoms with Crippen molar-refractivity contribution in [3.8, 4) is 0 Å². The Morgan fingerprint density at radius 1 is 0.571 bits per heavy atom. The minimum Gasteiger partial charge on any atom is -0.452 e. The molecule has 8 nitrogen and oxygen atoms in total. The molecule has 0 N–H and O–H groups in total. The Morgan fingerprint density at radius 3 is 1.21 bits per heavy atom. The summed E-state index contributed by atoms with van der Waals surface area (Å²) in [5.74, 6) is -2.04. The first-order valence-electron chi connectivity index (χ1n) is 10.1. The molecule has 2 saturated heterocycles. The molecule has 28 heavy (non-hydrogen) atoms. The molecule has 0 saturated carbocycles. The molecular formula is C20H30N2O6. The molecule has 2 heterocycles. The lowest BCUT2D eigenvalue weighted by Gasteiger charge is -2.19. The molecule has 0 aromatic rings. The highest BCUT2D eigenvalue weighted by atomic mass is 16.5. The zero-order chi connectivity index (χ0) is 20.2. The van der Waals surface area contributed by atoms with Crippen LogP contribution in [-0.2, 0) is 28.7 Å². The van der Waals surface area contributed by atoms with Gasteiger partial charge < -0.3 is 19.3 Å². The van der Waals surface area contributed by atoms with Crippen LogP contribution < -0.4 is 0 Å². The van der Waals surface area contributed by atoms with Crippen molar-refractivity contribution in [3.63, 3.8) is 0 Å². The number of carbonyl (C=O) groups excluding carboxylic acids is 4. The van der Waals surface area contributed by atoms with Crippen LogP contribution >= 0.6 is 0 Å². The molecule has 0 aromatic heterocycles. The highest BCUT2D eigenvalue weighted by Gasteiger charge is 2.18. The van der Waals surface area contributed by atoms with Gasteiger partial charge in [0.05, 0.1) is 0 Å². The highest BCUT2D eigenvalue weighted by Crippen LogP contribution is 2.10. The summed E-state index contributed by atoms with van der Waals surface area (Å²) in [6.07, 6.45) is 10.1. The number of carbonyl (C=O) groups is 4. The van der Waals surface area contributed by atoms with E-state index in [1.54, 1.807) is 9.80 Å². The molecule has 0 radical (unpaired) electrons. The van der Waals surface area contributed by atoms with Crippen LogP contribution in [-0.4, -0.2) is 72.9 Å². The van der Waals surface area contributed by atoms with Gasteiger partial charge in [0.25, 0.3) is 11.8 Å². The van der Waals surface area contributed by atoms with E-state index in [0.717, 1.165) is 63.5 Å². The Hall–Kier alpha value is -2.38. The molecule has 0 aromatic carbocycles. The smallest absolute Gasteiger partial charge is 0.331 e. The normalized spacial score (nSPS) is 18.3. The van der Waals surface area contributed by atoms with Gasteiger partial charge in [0.15, 0.2) is 13.2 Å². The van der Waals surface area contributed by atoms with Crippen molar-refractivity contribution in [1.82, 2.24) is 9.80 Å². The van der Waals surface area contributed by atoms with Crippen LogP contribution in [0.25, 0.3) is 0 Å². The van der Waals surface area contributed by atoms with Gasteiger partial charge in [-0.2, -0.15) is 0 Å². The van der Waals surface area contributed by atoms with E-state index in [0.29, 0.717) is 26.2 Å². The molecule has 2 aliphatic heterocycles. The van der Waals surface area contributed by atoms with Crippen molar-refractivity contribution in [2.24, 2.45) is 0 Å². The minimum absolute atomic E-state index is 0.228. The van der Waals surface area contributed by atoms with Crippen LogP contribution in [0.2, 0.25) is 0 Å². The van der Waals surface area contributed by atoms with E-state index in [-0.39, 0.29) is 25.0 Å². The summed E-state index contributed by atoms with van der Waals surface area (Å²) in [5, 5.41) is 0. The van der Waals surface area contributed by atoms with Gasteiger partial charge in [-0.25, -0.2) is 9.59 Å². The average molecular weight is 394 g/mol. The summed E-state index contributed by atoms with van der Waals surface area (Å²) in [6, 6.07) is 0. The van der Waals surface area contributed by atoms with Crippen LogP contribution in [0, 0.1) is 0 Å². The van der Waals surface area contributed by atoms with Gasteiger partial charge in [-0.1, -0.05) is 25.7 Å². The molecule has 0 unspecified atom stereocenters. The Bertz CT molecular complexity index is 523. The maximum absolute atomic E-state index is 12.0. The van der Waals surface area contributed by atoms with Crippen LogP contribution in [0.15, 0.2) is 12.2 Å². The van der Waals surface area contributed by atoms with Crippen LogP contribution in [0.5, 0.6) is 0 Å². The van der Waals surface area contributed by atoms with Crippen LogP contribution in [0.1, 0.15) is 51.4 Å². The van der Waals surface area contributed by atoms with E-state index < -0.39 is 11.9 Å². The number of ether oxygens (including phenoxy) is 2. The van der Waals surface area contributed by atoms with E-state index in [9.17, 15) is 19.2 Å². The molecule has 2 aliphatic rings. The summed E-state index contributed by atoms with van der Waals surface area (Å²) in [5.41, 5.74) is 0. The second kappa shape index (κ2) is 12.2. The summed E-state index contributed by atoms with van der Waals surface area (Å²) in [7, 11) is 0. The Labute approximate surface area is 165 Å². The molecule has 2 rings (SSSR count). The first-order valence-corrected chi connectivity index (χ1v) is 10.1. The molecule has 2 amide bonds. The lowest BCUT2D eigenvalue weighted by Crippen LogP contribution is -2.35. The first kappa shape index (κ1) is 21.9. The standard InChI is InChI=1S/C20H30N2O6/c23-17(21-11-5-1-2-6-12-21)15-27-19(25)9-10-20(26)28-16-18(24)22-13-7-3-4-8-14-22/h9-10H,1-8,11-16H2/b10-9+. The van der Waals surface area contributed by atoms with Gasteiger partial charge in [-0.3, -0.25) is 9.59 Å². The van der Waals surface area contributed by atoms with E-state index >= 15 is 0 Å². The molecule has 0 spiro atoms. The zero-order valence-corrected chi connectivity index (χ0v) is 16.4. The fourth-order valence-electron chi connectivity index (χ4n) is 3.32. The molecule has 0 aliphatic carbocycles. The lowest BCUT2D eigenvalue weighted by molar-refractivity contribution is -0.149. The fraction of sp³-hybridized carbons (Fsp3) is 0.700. The monoisotopic (exact) mass is 394 g/mol. The van der Waals surface area contributed by atoms with Gasteiger partial charge in [0.2, 0.25) is 0 Å². The van der Waals surface area contributed by atoms with Crippen molar-refractivity contribution >= 4 is 23.8 Å². The van der Waals surface area contributed by atoms with Gasteiger partial charge in [-0.15, -0.1) is 0 Å². The Kier molecular flexibility index (Phi) is 9.51. The number of hydrogen-bond acceptors (Lipinski definition) is 6. The van der Waals surface area contributed by atoms with Crippen molar-refractivity contribution in [3.05, 3.63) is 12.2 Å². The second-order valence-electron chi connectivity index (χ2n) is 7.14. The Balaban J connectivity index is 1.64. The van der Waals surface area contributed by atoms with Crippen molar-refractivity contribution in [2.75, 3.05) is 39.4 Å². The van der Waals surface area contributed by atoms with Crippen LogP contribution in [0.4, 0.5) is 0 Å². The molecule has 0 atom stereocenters. The summed E-state index contributed by atoms with van der Waals surface area (Å²) in [6.45, 7) is 2.05. The van der Waals surface area contributed by atoms with E-state index in [2.05, 4.69) is 0 Å². The number of esters is 2. The molecule has 156 valence electrons. The van der Waals surface area contributed by atoms with Crippen molar-refractivity contribution < 1.29 is 28.7 Å². The van der Waals surface area contributed by atoms with Gasteiger partial charge in [-0.05, 0) is 25.7 Å². The van der Waals surface area contributed by atoms with Crippen molar-refractivity contribution in [1.29, 1.82) is 0 Å². The number of rotatable bonds is 6. The number of nitrogens with zero attached hydrogens (tertiary/aromatic N) is 2. The second-order valence-corrected chi connectivity index (χ2v) is 7.14. The highest BCUT2D eigenvalue weighted by molar-refractivity contribution is 5.93. The van der Waals surface area contributed by atoms with E-state index in [4.69, 9.17) is 9.47 Å². The average Bonchev–Trinajstić information content (AvgIpc) is 3.14. The largest absolute Gasteiger partial charge is 0.452 e. The quantitative estimate of drug-likeness (QED) is 0.500. The maximum Gasteiger partial charge on any atom is 0.331 e. The SMILES string of the molecule is O=C(/C=C/C(=O)OCC(=O)N1CCCCCC1)OCC(=O)N1CCCCCC1. The predicted molar refractivity (Wildman–Crippen MR) is 101 cm³/mol. The third kappa shape index (κ3) is 8.10. The maximum atomic E-state index is 12.0. The summed E-state index contributed by atoms with van der Waals surface area (Å²) in [4.78, 5) is 50.8. The summed E-state index contributed by atoms with van der Waals surface area (Å²) < 4.78 is 9.77. The van der Waals surface area contributed by atoms with Crippen molar-refractivity contribution in [2.45, 2.75) is 51.4 Å². The first-order chi connectivity index (χ1) is 13.6. The fourth-order valence-corrected chi connectivity index (χ4v) is 3.32. The molecule has 8 heteroatoms. The molecule has 2 fully saturated rings. The van der Waals surface area contributed by atoms with Crippen LogP contribution in [0.3, 0.4) is 0 Å². The number of amides is 2. The zero-order valence-electron chi connectivity index (χ0n) is 16.4. The number of hydrogen-bond donors (Lipinski definition) is 0.